The summed E-state index contributed by atoms with van der Waals surface area (Å²) in [6.45, 7) is 1.14. The van der Waals surface area contributed by atoms with Crippen molar-refractivity contribution in [2.45, 2.75) is 18.9 Å². The number of benzene rings is 2. The van der Waals surface area contributed by atoms with E-state index >= 15 is 0 Å². The maximum atomic E-state index is 12.4. The maximum absolute atomic E-state index is 12.4. The Balaban J connectivity index is 1.40. The number of ether oxygens (including phenoxy) is 3. The van der Waals surface area contributed by atoms with Crippen LogP contribution in [0, 0.1) is 9.49 Å². The SMILES string of the molecule is O=C(COc1ccc(I)cc1)NC(c1ccc2c(c1)OCCO2)C1CC1. The number of amides is 1. The van der Waals surface area contributed by atoms with E-state index in [-0.39, 0.29) is 18.6 Å². The fourth-order valence-corrected chi connectivity index (χ4v) is 3.41. The number of hydrogen-bond acceptors (Lipinski definition) is 4. The van der Waals surface area contributed by atoms with Gasteiger partial charge in [0.25, 0.3) is 5.91 Å². The predicted molar refractivity (Wildman–Crippen MR) is 106 cm³/mol. The lowest BCUT2D eigenvalue weighted by molar-refractivity contribution is -0.124. The lowest BCUT2D eigenvalue weighted by Gasteiger charge is -2.23. The molecule has 1 amide bonds. The molecule has 4 rings (SSSR count). The van der Waals surface area contributed by atoms with Crippen LogP contribution in [-0.4, -0.2) is 25.7 Å². The molecule has 1 heterocycles. The van der Waals surface area contributed by atoms with Gasteiger partial charge >= 0.3 is 0 Å². The highest BCUT2D eigenvalue weighted by Crippen LogP contribution is 2.43. The van der Waals surface area contributed by atoms with Gasteiger partial charge in [0.15, 0.2) is 18.1 Å². The molecule has 0 spiro atoms. The van der Waals surface area contributed by atoms with Gasteiger partial charge in [-0.2, -0.15) is 0 Å². The smallest absolute Gasteiger partial charge is 0.258 e. The molecule has 0 bridgehead atoms. The van der Waals surface area contributed by atoms with Gasteiger partial charge in [0.05, 0.1) is 6.04 Å². The Kier molecular flexibility index (Phi) is 5.19. The molecule has 1 aliphatic carbocycles. The van der Waals surface area contributed by atoms with Gasteiger partial charge in [0.1, 0.15) is 19.0 Å². The first-order valence-corrected chi connectivity index (χ1v) is 9.84. The molecular formula is C20H20INO4. The van der Waals surface area contributed by atoms with E-state index in [0.717, 1.165) is 33.5 Å². The third-order valence-electron chi connectivity index (χ3n) is 4.52. The molecule has 1 aliphatic heterocycles. The summed E-state index contributed by atoms with van der Waals surface area (Å²) in [7, 11) is 0. The Morgan fingerprint density at radius 2 is 1.85 bits per heavy atom. The second kappa shape index (κ2) is 7.73. The van der Waals surface area contributed by atoms with Crippen LogP contribution in [0.15, 0.2) is 42.5 Å². The highest BCUT2D eigenvalue weighted by atomic mass is 127. The summed E-state index contributed by atoms with van der Waals surface area (Å²) < 4.78 is 18.0. The van der Waals surface area contributed by atoms with E-state index in [1.54, 1.807) is 0 Å². The number of fused-ring (bicyclic) bond motifs is 1. The fourth-order valence-electron chi connectivity index (χ4n) is 3.05. The molecule has 1 atom stereocenters. The Hall–Kier alpha value is -1.96. The van der Waals surface area contributed by atoms with Gasteiger partial charge in [-0.15, -0.1) is 0 Å². The highest BCUT2D eigenvalue weighted by Gasteiger charge is 2.34. The Morgan fingerprint density at radius 1 is 1.12 bits per heavy atom. The highest BCUT2D eigenvalue weighted by molar-refractivity contribution is 14.1. The molecule has 26 heavy (non-hydrogen) atoms. The zero-order valence-electron chi connectivity index (χ0n) is 14.2. The van der Waals surface area contributed by atoms with Gasteiger partial charge in [0.2, 0.25) is 0 Å². The van der Waals surface area contributed by atoms with Crippen LogP contribution in [0.1, 0.15) is 24.4 Å². The van der Waals surface area contributed by atoms with Crippen LogP contribution in [0.4, 0.5) is 0 Å². The standard InChI is InChI=1S/C20H20INO4/c21-15-4-6-16(7-5-15)26-12-19(23)22-20(13-1-2-13)14-3-8-17-18(11-14)25-10-9-24-17/h3-8,11,13,20H,1-2,9-10,12H2,(H,22,23). The third kappa shape index (κ3) is 4.23. The van der Waals surface area contributed by atoms with Gasteiger partial charge in [-0.3, -0.25) is 4.79 Å². The Labute approximate surface area is 166 Å². The van der Waals surface area contributed by atoms with Crippen LogP contribution < -0.4 is 19.5 Å². The van der Waals surface area contributed by atoms with E-state index in [9.17, 15) is 4.79 Å². The molecule has 2 aromatic carbocycles. The summed E-state index contributed by atoms with van der Waals surface area (Å²) in [5.74, 6) is 2.57. The van der Waals surface area contributed by atoms with Crippen molar-refractivity contribution in [3.63, 3.8) is 0 Å². The van der Waals surface area contributed by atoms with Crippen molar-refractivity contribution >= 4 is 28.5 Å². The minimum atomic E-state index is -0.115. The predicted octanol–water partition coefficient (Wildman–Crippen LogP) is 3.71. The first-order chi connectivity index (χ1) is 12.7. The molecule has 2 aliphatic rings. The quantitative estimate of drug-likeness (QED) is 0.662. The van der Waals surface area contributed by atoms with Gasteiger partial charge in [0, 0.05) is 3.57 Å². The zero-order chi connectivity index (χ0) is 17.9. The summed E-state index contributed by atoms with van der Waals surface area (Å²) >= 11 is 2.24. The average molecular weight is 465 g/mol. The summed E-state index contributed by atoms with van der Waals surface area (Å²) in [6, 6.07) is 13.6. The molecule has 1 N–H and O–H groups in total. The first kappa shape index (κ1) is 17.5. The van der Waals surface area contributed by atoms with Crippen molar-refractivity contribution < 1.29 is 19.0 Å². The van der Waals surface area contributed by atoms with Crippen LogP contribution in [0.5, 0.6) is 17.2 Å². The maximum Gasteiger partial charge on any atom is 0.258 e. The monoisotopic (exact) mass is 465 g/mol. The van der Waals surface area contributed by atoms with E-state index in [4.69, 9.17) is 14.2 Å². The number of rotatable bonds is 6. The van der Waals surface area contributed by atoms with E-state index in [2.05, 4.69) is 27.9 Å². The number of carbonyl (C=O) groups is 1. The van der Waals surface area contributed by atoms with Crippen molar-refractivity contribution in [2.75, 3.05) is 19.8 Å². The second-order valence-corrected chi connectivity index (χ2v) is 7.77. The van der Waals surface area contributed by atoms with Crippen molar-refractivity contribution in [3.05, 3.63) is 51.6 Å². The van der Waals surface area contributed by atoms with Crippen LogP contribution in [-0.2, 0) is 4.79 Å². The van der Waals surface area contributed by atoms with Crippen molar-refractivity contribution in [1.82, 2.24) is 5.32 Å². The first-order valence-electron chi connectivity index (χ1n) is 8.76. The molecular weight excluding hydrogens is 445 g/mol. The van der Waals surface area contributed by atoms with Gasteiger partial charge in [-0.05, 0) is 83.3 Å². The summed E-state index contributed by atoms with van der Waals surface area (Å²) in [5, 5.41) is 3.12. The number of halogens is 1. The topological polar surface area (TPSA) is 56.8 Å². The van der Waals surface area contributed by atoms with Crippen LogP contribution in [0.25, 0.3) is 0 Å². The average Bonchev–Trinajstić information content (AvgIpc) is 3.50. The molecule has 1 fully saturated rings. The molecule has 2 aromatic rings. The lowest BCUT2D eigenvalue weighted by Crippen LogP contribution is -2.33. The van der Waals surface area contributed by atoms with Gasteiger partial charge < -0.3 is 19.5 Å². The second-order valence-electron chi connectivity index (χ2n) is 6.53. The van der Waals surface area contributed by atoms with Gasteiger partial charge in [-0.25, -0.2) is 0 Å². The fraction of sp³-hybridized carbons (Fsp3) is 0.350. The summed E-state index contributed by atoms with van der Waals surface area (Å²) in [5.41, 5.74) is 1.05. The normalized spacial score (nSPS) is 16.7. The van der Waals surface area contributed by atoms with Crippen molar-refractivity contribution in [2.24, 2.45) is 5.92 Å². The Bertz CT molecular complexity index is 789. The number of hydrogen-bond donors (Lipinski definition) is 1. The van der Waals surface area contributed by atoms with E-state index in [1.165, 1.54) is 0 Å². The van der Waals surface area contributed by atoms with Crippen molar-refractivity contribution in [1.29, 1.82) is 0 Å². The molecule has 0 radical (unpaired) electrons. The molecule has 136 valence electrons. The zero-order valence-corrected chi connectivity index (χ0v) is 16.4. The third-order valence-corrected chi connectivity index (χ3v) is 5.24. The minimum Gasteiger partial charge on any atom is -0.486 e. The molecule has 1 saturated carbocycles. The van der Waals surface area contributed by atoms with E-state index in [0.29, 0.717) is 24.9 Å². The molecule has 0 saturated heterocycles. The molecule has 0 aromatic heterocycles. The van der Waals surface area contributed by atoms with Crippen LogP contribution in [0.3, 0.4) is 0 Å². The van der Waals surface area contributed by atoms with E-state index < -0.39 is 0 Å². The minimum absolute atomic E-state index is 0.00830. The van der Waals surface area contributed by atoms with Gasteiger partial charge in [-0.1, -0.05) is 6.07 Å². The van der Waals surface area contributed by atoms with E-state index in [1.807, 2.05) is 42.5 Å². The largest absolute Gasteiger partial charge is 0.486 e. The Morgan fingerprint density at radius 3 is 2.58 bits per heavy atom. The van der Waals surface area contributed by atoms with Crippen LogP contribution >= 0.6 is 22.6 Å². The number of carbonyl (C=O) groups excluding carboxylic acids is 1. The van der Waals surface area contributed by atoms with Crippen LogP contribution in [0.2, 0.25) is 0 Å². The molecule has 1 unspecified atom stereocenters. The number of nitrogens with one attached hydrogen (secondary N) is 1. The molecule has 5 nitrogen and oxygen atoms in total. The van der Waals surface area contributed by atoms with Crippen molar-refractivity contribution in [3.8, 4) is 17.2 Å². The summed E-state index contributed by atoms with van der Waals surface area (Å²) in [4.78, 5) is 12.4. The lowest BCUT2D eigenvalue weighted by atomic mass is 10.0. The summed E-state index contributed by atoms with van der Waals surface area (Å²) in [6.07, 6.45) is 2.24. The molecule has 6 heteroatoms.